The second-order valence-corrected chi connectivity index (χ2v) is 10.1. The summed E-state index contributed by atoms with van der Waals surface area (Å²) in [6.45, 7) is 6.22. The Morgan fingerprint density at radius 2 is 1.72 bits per heavy atom. The number of likely N-dealkylation sites (tertiary alicyclic amines) is 2. The van der Waals surface area contributed by atoms with E-state index in [9.17, 15) is 14.4 Å². The van der Waals surface area contributed by atoms with Gasteiger partial charge in [0.1, 0.15) is 17.8 Å². The first kappa shape index (κ1) is 24.4. The van der Waals surface area contributed by atoms with Gasteiger partial charge < -0.3 is 15.1 Å². The van der Waals surface area contributed by atoms with Gasteiger partial charge in [-0.25, -0.2) is 9.97 Å². The van der Waals surface area contributed by atoms with Gasteiger partial charge in [-0.3, -0.25) is 19.3 Å². The molecule has 1 aromatic heterocycles. The lowest BCUT2D eigenvalue weighted by Crippen LogP contribution is -2.54. The van der Waals surface area contributed by atoms with Crippen molar-refractivity contribution in [3.63, 3.8) is 0 Å². The fourth-order valence-electron chi connectivity index (χ4n) is 5.59. The molecule has 36 heavy (non-hydrogen) atoms. The minimum atomic E-state index is -0.231. The molecule has 0 saturated carbocycles. The quantitative estimate of drug-likeness (QED) is 0.684. The Labute approximate surface area is 211 Å². The Hall–Kier alpha value is -3.33. The second-order valence-electron chi connectivity index (χ2n) is 10.1. The van der Waals surface area contributed by atoms with Crippen LogP contribution in [-0.2, 0) is 22.6 Å². The van der Waals surface area contributed by atoms with E-state index < -0.39 is 0 Å². The van der Waals surface area contributed by atoms with Crippen molar-refractivity contribution < 1.29 is 14.4 Å². The van der Waals surface area contributed by atoms with Gasteiger partial charge in [-0.15, -0.1) is 0 Å². The highest BCUT2D eigenvalue weighted by Gasteiger charge is 2.35. The molecule has 9 nitrogen and oxygen atoms in total. The summed E-state index contributed by atoms with van der Waals surface area (Å²) in [6.07, 6.45) is 4.89. The van der Waals surface area contributed by atoms with Gasteiger partial charge in [-0.05, 0) is 42.7 Å². The van der Waals surface area contributed by atoms with Gasteiger partial charge in [0.15, 0.2) is 5.78 Å². The van der Waals surface area contributed by atoms with Crippen molar-refractivity contribution in [3.8, 4) is 0 Å². The standard InChI is InChI=1S/C27H34N6O3/c1-19(34)31-10-6-20(7-11-31)15-28-26-14-23(29-18-30-26)27(36)33-13-9-24(25(35)17-33)32-12-8-21-4-2-3-5-22(21)16-32/h2-5,14,18,20,24H,6-13,15-17H2,1H3,(H,28,29,30). The molecule has 190 valence electrons. The van der Waals surface area contributed by atoms with Gasteiger partial charge in [0, 0.05) is 52.3 Å². The van der Waals surface area contributed by atoms with Gasteiger partial charge in [0.05, 0.1) is 12.6 Å². The fraction of sp³-hybridized carbons (Fsp3) is 0.519. The van der Waals surface area contributed by atoms with E-state index in [0.717, 1.165) is 52.0 Å². The lowest BCUT2D eigenvalue weighted by atomic mass is 9.95. The number of ketones is 1. The third-order valence-corrected chi connectivity index (χ3v) is 7.80. The predicted molar refractivity (Wildman–Crippen MR) is 135 cm³/mol. The molecule has 0 radical (unpaired) electrons. The Kier molecular flexibility index (Phi) is 7.27. The molecule has 2 amide bonds. The van der Waals surface area contributed by atoms with Gasteiger partial charge >= 0.3 is 0 Å². The Morgan fingerprint density at radius 3 is 2.47 bits per heavy atom. The van der Waals surface area contributed by atoms with Gasteiger partial charge in [0.2, 0.25) is 5.91 Å². The lowest BCUT2D eigenvalue weighted by Gasteiger charge is -2.39. The molecule has 0 bridgehead atoms. The van der Waals surface area contributed by atoms with Crippen LogP contribution in [-0.4, -0.2) is 87.6 Å². The van der Waals surface area contributed by atoms with Crippen molar-refractivity contribution >= 4 is 23.4 Å². The maximum absolute atomic E-state index is 13.2. The van der Waals surface area contributed by atoms with Crippen LogP contribution in [0.2, 0.25) is 0 Å². The molecule has 1 unspecified atom stereocenters. The summed E-state index contributed by atoms with van der Waals surface area (Å²) in [5, 5.41) is 3.32. The molecule has 1 atom stereocenters. The third kappa shape index (κ3) is 5.41. The van der Waals surface area contributed by atoms with E-state index in [0.29, 0.717) is 30.4 Å². The molecule has 0 aliphatic carbocycles. The summed E-state index contributed by atoms with van der Waals surface area (Å²) in [4.78, 5) is 51.9. The molecule has 4 heterocycles. The molecule has 3 aliphatic rings. The molecule has 1 N–H and O–H groups in total. The van der Waals surface area contributed by atoms with Crippen LogP contribution >= 0.6 is 0 Å². The zero-order chi connectivity index (χ0) is 25.1. The average molecular weight is 491 g/mol. The molecule has 2 fully saturated rings. The van der Waals surface area contributed by atoms with Crippen LogP contribution in [0.4, 0.5) is 5.82 Å². The molecule has 2 aromatic rings. The number of hydrogen-bond acceptors (Lipinski definition) is 7. The number of anilines is 1. The van der Waals surface area contributed by atoms with Crippen LogP contribution in [0.5, 0.6) is 0 Å². The van der Waals surface area contributed by atoms with Crippen LogP contribution in [0.3, 0.4) is 0 Å². The maximum Gasteiger partial charge on any atom is 0.273 e. The monoisotopic (exact) mass is 490 g/mol. The number of carbonyl (C=O) groups excluding carboxylic acids is 3. The molecule has 2 saturated heterocycles. The minimum absolute atomic E-state index is 0.0956. The number of aromatic nitrogens is 2. The van der Waals surface area contributed by atoms with Gasteiger partial charge in [0.25, 0.3) is 5.91 Å². The first-order chi connectivity index (χ1) is 17.5. The Balaban J connectivity index is 1.14. The molecule has 3 aliphatic heterocycles. The largest absolute Gasteiger partial charge is 0.370 e. The summed E-state index contributed by atoms with van der Waals surface area (Å²) >= 11 is 0. The number of carbonyl (C=O) groups is 3. The molecular weight excluding hydrogens is 456 g/mol. The number of Topliss-reactive ketones (excluding diaryl/α,β-unsaturated/α-hetero) is 1. The topological polar surface area (TPSA) is 98.7 Å². The summed E-state index contributed by atoms with van der Waals surface area (Å²) < 4.78 is 0. The normalized spacial score (nSPS) is 21.2. The van der Waals surface area contributed by atoms with Gasteiger partial charge in [-0.2, -0.15) is 0 Å². The molecule has 0 spiro atoms. The van der Waals surface area contributed by atoms with E-state index in [1.165, 1.54) is 17.5 Å². The van der Waals surface area contributed by atoms with Gasteiger partial charge in [-0.1, -0.05) is 24.3 Å². The van der Waals surface area contributed by atoms with Crippen LogP contribution < -0.4 is 5.32 Å². The highest BCUT2D eigenvalue weighted by atomic mass is 16.2. The number of fused-ring (bicyclic) bond motifs is 1. The smallest absolute Gasteiger partial charge is 0.273 e. The molecule has 5 rings (SSSR count). The lowest BCUT2D eigenvalue weighted by molar-refractivity contribution is -0.130. The zero-order valence-corrected chi connectivity index (χ0v) is 20.9. The second kappa shape index (κ2) is 10.7. The van der Waals surface area contributed by atoms with Crippen molar-refractivity contribution in [2.45, 2.75) is 45.2 Å². The van der Waals surface area contributed by atoms with E-state index in [1.807, 2.05) is 11.0 Å². The maximum atomic E-state index is 13.2. The number of nitrogens with zero attached hydrogens (tertiary/aromatic N) is 5. The van der Waals surface area contributed by atoms with E-state index in [1.54, 1.807) is 17.9 Å². The highest BCUT2D eigenvalue weighted by molar-refractivity contribution is 5.97. The molecule has 9 heteroatoms. The summed E-state index contributed by atoms with van der Waals surface area (Å²) in [5.41, 5.74) is 2.96. The summed E-state index contributed by atoms with van der Waals surface area (Å²) in [5.74, 6) is 1.05. The summed E-state index contributed by atoms with van der Waals surface area (Å²) in [7, 11) is 0. The molecule has 1 aromatic carbocycles. The Morgan fingerprint density at radius 1 is 0.972 bits per heavy atom. The van der Waals surface area contributed by atoms with Crippen molar-refractivity contribution in [2.24, 2.45) is 5.92 Å². The van der Waals surface area contributed by atoms with Crippen molar-refractivity contribution in [1.29, 1.82) is 0 Å². The SMILES string of the molecule is CC(=O)N1CCC(CNc2cc(C(=O)N3CCC(N4CCc5ccccc5C4)C(=O)C3)ncn2)CC1. The van der Waals surface area contributed by atoms with Crippen molar-refractivity contribution in [2.75, 3.05) is 44.6 Å². The first-order valence-electron chi connectivity index (χ1n) is 12.9. The van der Waals surface area contributed by atoms with Crippen LogP contribution in [0, 0.1) is 5.92 Å². The fourth-order valence-corrected chi connectivity index (χ4v) is 5.59. The van der Waals surface area contributed by atoms with Crippen LogP contribution in [0.15, 0.2) is 36.7 Å². The van der Waals surface area contributed by atoms with E-state index >= 15 is 0 Å². The number of hydrogen-bond donors (Lipinski definition) is 1. The van der Waals surface area contributed by atoms with E-state index in [4.69, 9.17) is 0 Å². The van der Waals surface area contributed by atoms with E-state index in [2.05, 4.69) is 38.4 Å². The highest BCUT2D eigenvalue weighted by Crippen LogP contribution is 2.24. The van der Waals surface area contributed by atoms with Crippen LogP contribution in [0.1, 0.15) is 47.8 Å². The van der Waals surface area contributed by atoms with Crippen molar-refractivity contribution in [1.82, 2.24) is 24.7 Å². The number of amides is 2. The average Bonchev–Trinajstić information content (AvgIpc) is 2.91. The minimum Gasteiger partial charge on any atom is -0.370 e. The number of piperidine rings is 2. The molecular formula is C27H34N6O3. The zero-order valence-electron chi connectivity index (χ0n) is 20.9. The van der Waals surface area contributed by atoms with Crippen LogP contribution in [0.25, 0.3) is 0 Å². The Bertz CT molecular complexity index is 1130. The number of nitrogens with one attached hydrogen (secondary N) is 1. The number of rotatable bonds is 5. The first-order valence-corrected chi connectivity index (χ1v) is 12.9. The number of benzene rings is 1. The van der Waals surface area contributed by atoms with E-state index in [-0.39, 0.29) is 30.2 Å². The van der Waals surface area contributed by atoms with Crippen molar-refractivity contribution in [3.05, 3.63) is 53.5 Å². The predicted octanol–water partition coefficient (Wildman–Crippen LogP) is 1.99. The summed E-state index contributed by atoms with van der Waals surface area (Å²) in [6, 6.07) is 9.95. The third-order valence-electron chi connectivity index (χ3n) is 7.80.